The third-order valence-electron chi connectivity index (χ3n) is 7.41. The Bertz CT molecular complexity index is 1600. The van der Waals surface area contributed by atoms with E-state index in [-0.39, 0.29) is 5.91 Å². The summed E-state index contributed by atoms with van der Waals surface area (Å²) in [7, 11) is 0. The number of nitrogens with one attached hydrogen (secondary N) is 1. The molecule has 41 heavy (non-hydrogen) atoms. The van der Waals surface area contributed by atoms with Gasteiger partial charge in [0.2, 0.25) is 5.91 Å². The van der Waals surface area contributed by atoms with Gasteiger partial charge in [0.25, 0.3) is 0 Å². The summed E-state index contributed by atoms with van der Waals surface area (Å²) in [5.74, 6) is 1.13. The molecule has 5 aromatic rings. The Balaban J connectivity index is 1.09. The van der Waals surface area contributed by atoms with Gasteiger partial charge >= 0.3 is 0 Å². The van der Waals surface area contributed by atoms with Crippen LogP contribution in [-0.4, -0.2) is 58.8 Å². The molecule has 0 saturated carbocycles. The number of amides is 1. The first kappa shape index (κ1) is 27.3. The first-order chi connectivity index (χ1) is 20.3. The van der Waals surface area contributed by atoms with Crippen LogP contribution in [0.2, 0.25) is 0 Å². The van der Waals surface area contributed by atoms with Crippen LogP contribution in [0.4, 0.5) is 5.69 Å². The highest BCUT2D eigenvalue weighted by molar-refractivity contribution is 6.23. The Labute approximate surface area is 239 Å². The normalized spacial score (nSPS) is 15.5. The minimum Gasteiger partial charge on any atom is -0.487 e. The first-order valence-corrected chi connectivity index (χ1v) is 14.3. The summed E-state index contributed by atoms with van der Waals surface area (Å²) in [6.07, 6.45) is 2.00. The molecule has 1 aliphatic rings. The van der Waals surface area contributed by atoms with Crippen molar-refractivity contribution in [3.8, 4) is 11.5 Å². The van der Waals surface area contributed by atoms with Crippen molar-refractivity contribution in [2.75, 3.05) is 58.2 Å². The Kier molecular flexibility index (Phi) is 8.76. The molecule has 0 spiro atoms. The van der Waals surface area contributed by atoms with Gasteiger partial charge in [-0.1, -0.05) is 54.6 Å². The van der Waals surface area contributed by atoms with Crippen molar-refractivity contribution in [2.45, 2.75) is 19.3 Å². The molecule has 0 atom stereocenters. The zero-order valence-corrected chi connectivity index (χ0v) is 23.2. The predicted molar refractivity (Wildman–Crippen MR) is 162 cm³/mol. The van der Waals surface area contributed by atoms with Gasteiger partial charge in [0.1, 0.15) is 13.2 Å². The maximum Gasteiger partial charge on any atom is 0.224 e. The minimum absolute atomic E-state index is 0.0301. The van der Waals surface area contributed by atoms with Crippen LogP contribution >= 0.6 is 0 Å². The number of carbonyl (C=O) groups excluding carboxylic acids is 1. The molecule has 5 aromatic carbocycles. The van der Waals surface area contributed by atoms with Gasteiger partial charge in [-0.15, -0.1) is 0 Å². The summed E-state index contributed by atoms with van der Waals surface area (Å²) in [6.45, 7) is 3.68. The fourth-order valence-corrected chi connectivity index (χ4v) is 5.46. The number of hydrogen-bond acceptors (Lipinski definition) is 6. The summed E-state index contributed by atoms with van der Waals surface area (Å²) in [5, 5.41) is 10.7. The van der Waals surface area contributed by atoms with Crippen molar-refractivity contribution in [3.05, 3.63) is 78.4 Å². The van der Waals surface area contributed by atoms with Crippen molar-refractivity contribution in [1.82, 2.24) is 0 Å². The average molecular weight is 554 g/mol. The van der Waals surface area contributed by atoms with Crippen molar-refractivity contribution in [1.29, 1.82) is 0 Å². The van der Waals surface area contributed by atoms with Crippen LogP contribution in [0.5, 0.6) is 11.5 Å². The zero-order chi connectivity index (χ0) is 27.9. The number of rotatable bonds is 5. The molecule has 0 fully saturated rings. The number of hydrogen-bond donors (Lipinski definition) is 1. The van der Waals surface area contributed by atoms with E-state index in [0.717, 1.165) is 12.8 Å². The van der Waals surface area contributed by atoms with E-state index < -0.39 is 0 Å². The van der Waals surface area contributed by atoms with E-state index in [1.165, 1.54) is 37.9 Å². The van der Waals surface area contributed by atoms with Gasteiger partial charge in [-0.2, -0.15) is 0 Å². The van der Waals surface area contributed by atoms with Crippen molar-refractivity contribution >= 4 is 43.9 Å². The second-order valence-corrected chi connectivity index (χ2v) is 10.2. The lowest BCUT2D eigenvalue weighted by Gasteiger charge is -2.15. The molecule has 1 aliphatic heterocycles. The standard InChI is InChI=1S/C34H35NO6/c36-32(35-28-12-14-30-31(23-28)41-22-20-39-18-16-37-15-17-38-19-21-40-30)6-2-3-24-7-8-27-10-9-25-4-1-5-26-11-13-29(24)34(27)33(25)26/h1,4-5,7-14,23H,2-3,6,15-22H2,(H,35,36). The quantitative estimate of drug-likeness (QED) is 0.255. The number of benzene rings is 5. The smallest absolute Gasteiger partial charge is 0.224 e. The molecule has 212 valence electrons. The van der Waals surface area contributed by atoms with Crippen LogP contribution in [0.3, 0.4) is 0 Å². The Morgan fingerprint density at radius 1 is 0.634 bits per heavy atom. The third kappa shape index (κ3) is 6.54. The van der Waals surface area contributed by atoms with Gasteiger partial charge in [-0.3, -0.25) is 4.79 Å². The van der Waals surface area contributed by atoms with Gasteiger partial charge in [0, 0.05) is 18.2 Å². The molecular formula is C34H35NO6. The number of ether oxygens (including phenoxy) is 5. The maximum absolute atomic E-state index is 12.9. The molecule has 7 heteroatoms. The highest BCUT2D eigenvalue weighted by atomic mass is 16.6. The van der Waals surface area contributed by atoms with Crippen LogP contribution < -0.4 is 14.8 Å². The number of carbonyl (C=O) groups is 1. The van der Waals surface area contributed by atoms with Crippen molar-refractivity contribution in [2.24, 2.45) is 0 Å². The Morgan fingerprint density at radius 3 is 1.98 bits per heavy atom. The van der Waals surface area contributed by atoms with E-state index in [1.807, 2.05) is 12.1 Å². The summed E-state index contributed by atoms with van der Waals surface area (Å²) >= 11 is 0. The molecule has 0 aromatic heterocycles. The molecule has 0 radical (unpaired) electrons. The number of fused-ring (bicyclic) bond motifs is 1. The van der Waals surface area contributed by atoms with Gasteiger partial charge < -0.3 is 29.0 Å². The van der Waals surface area contributed by atoms with E-state index in [1.54, 1.807) is 6.07 Å². The van der Waals surface area contributed by atoms with Crippen LogP contribution in [0.1, 0.15) is 18.4 Å². The van der Waals surface area contributed by atoms with Crippen molar-refractivity contribution < 1.29 is 28.5 Å². The van der Waals surface area contributed by atoms with Crippen LogP contribution in [0.25, 0.3) is 32.3 Å². The molecule has 0 saturated heterocycles. The Hall–Kier alpha value is -3.91. The monoisotopic (exact) mass is 553 g/mol. The summed E-state index contributed by atoms with van der Waals surface area (Å²) in [5.41, 5.74) is 1.94. The van der Waals surface area contributed by atoms with Crippen LogP contribution in [0.15, 0.2) is 72.8 Å². The summed E-state index contributed by atoms with van der Waals surface area (Å²) in [6, 6.07) is 25.1. The highest BCUT2D eigenvalue weighted by Gasteiger charge is 2.13. The lowest BCUT2D eigenvalue weighted by molar-refractivity contribution is -0.116. The van der Waals surface area contributed by atoms with E-state index in [0.29, 0.717) is 76.5 Å². The minimum atomic E-state index is -0.0301. The average Bonchev–Trinajstić information content (AvgIpc) is 3.00. The second-order valence-electron chi connectivity index (χ2n) is 10.2. The van der Waals surface area contributed by atoms with Crippen LogP contribution in [-0.2, 0) is 25.4 Å². The molecule has 0 bridgehead atoms. The molecule has 1 N–H and O–H groups in total. The van der Waals surface area contributed by atoms with Crippen molar-refractivity contribution in [3.63, 3.8) is 0 Å². The fraction of sp³-hybridized carbons (Fsp3) is 0.324. The molecule has 6 rings (SSSR count). The van der Waals surface area contributed by atoms with Crippen LogP contribution in [0, 0.1) is 0 Å². The van der Waals surface area contributed by atoms with Gasteiger partial charge in [-0.05, 0) is 62.9 Å². The molecule has 7 nitrogen and oxygen atoms in total. The van der Waals surface area contributed by atoms with E-state index >= 15 is 0 Å². The number of anilines is 1. The summed E-state index contributed by atoms with van der Waals surface area (Å²) < 4.78 is 28.3. The Morgan fingerprint density at radius 2 is 1.24 bits per heavy atom. The molecule has 1 amide bonds. The lowest BCUT2D eigenvalue weighted by atomic mass is 9.90. The lowest BCUT2D eigenvalue weighted by Crippen LogP contribution is -2.13. The topological polar surface area (TPSA) is 75.3 Å². The third-order valence-corrected chi connectivity index (χ3v) is 7.41. The maximum atomic E-state index is 12.9. The first-order valence-electron chi connectivity index (χ1n) is 14.3. The zero-order valence-electron chi connectivity index (χ0n) is 23.2. The van der Waals surface area contributed by atoms with E-state index in [2.05, 4.69) is 59.9 Å². The molecular weight excluding hydrogens is 518 g/mol. The van der Waals surface area contributed by atoms with Gasteiger partial charge in [-0.25, -0.2) is 0 Å². The van der Waals surface area contributed by atoms with Gasteiger partial charge in [0.05, 0.1) is 39.6 Å². The predicted octanol–water partition coefficient (Wildman–Crippen LogP) is 6.37. The molecule has 0 unspecified atom stereocenters. The highest BCUT2D eigenvalue weighted by Crippen LogP contribution is 2.36. The van der Waals surface area contributed by atoms with E-state index in [9.17, 15) is 4.79 Å². The van der Waals surface area contributed by atoms with E-state index in [4.69, 9.17) is 23.7 Å². The largest absolute Gasteiger partial charge is 0.487 e. The second kappa shape index (κ2) is 13.2. The van der Waals surface area contributed by atoms with Gasteiger partial charge in [0.15, 0.2) is 11.5 Å². The summed E-state index contributed by atoms with van der Waals surface area (Å²) in [4.78, 5) is 12.9. The fourth-order valence-electron chi connectivity index (χ4n) is 5.46. The number of aryl methyl sites for hydroxylation is 1. The molecule has 0 aliphatic carbocycles. The molecule has 1 heterocycles. The SMILES string of the molecule is O=C(CCCc1ccc2ccc3cccc4ccc1c2c34)Nc1ccc2c(c1)OCCOCCOCCOCCO2.